The lowest BCUT2D eigenvalue weighted by Crippen LogP contribution is -2.52. The number of fused-ring (bicyclic) bond motifs is 1. The number of aryl methyl sites for hydroxylation is 1. The van der Waals surface area contributed by atoms with Crippen LogP contribution in [-0.4, -0.2) is 49.4 Å². The molecular weight excluding hydrogens is 357 g/mol. The fourth-order valence-electron chi connectivity index (χ4n) is 4.00. The van der Waals surface area contributed by atoms with Gasteiger partial charge < -0.3 is 14.7 Å². The summed E-state index contributed by atoms with van der Waals surface area (Å²) in [5, 5.41) is 0. The summed E-state index contributed by atoms with van der Waals surface area (Å²) >= 11 is 0. The van der Waals surface area contributed by atoms with Gasteiger partial charge in [0.05, 0.1) is 5.69 Å². The van der Waals surface area contributed by atoms with Gasteiger partial charge in [0.1, 0.15) is 12.4 Å². The summed E-state index contributed by atoms with van der Waals surface area (Å²) in [6.07, 6.45) is 2.12. The van der Waals surface area contributed by atoms with E-state index in [1.807, 2.05) is 35.2 Å². The normalized spacial score (nSPS) is 17.3. The van der Waals surface area contributed by atoms with Gasteiger partial charge in [0.2, 0.25) is 11.8 Å². The second kappa shape index (κ2) is 8.00. The molecule has 28 heavy (non-hydrogen) atoms. The zero-order chi connectivity index (χ0) is 19.5. The smallest absolute Gasteiger partial charge is 0.242 e. The lowest BCUT2D eigenvalue weighted by molar-refractivity contribution is -0.131. The predicted octanol–water partition coefficient (Wildman–Crippen LogP) is 2.84. The van der Waals surface area contributed by atoms with Crippen LogP contribution in [0.15, 0.2) is 48.5 Å². The molecule has 2 aromatic carbocycles. The van der Waals surface area contributed by atoms with Crippen molar-refractivity contribution in [3.63, 3.8) is 0 Å². The van der Waals surface area contributed by atoms with Crippen LogP contribution in [0.2, 0.25) is 0 Å². The average molecular weight is 381 g/mol. The Labute approximate surface area is 164 Å². The number of para-hydroxylation sites is 2. The highest BCUT2D eigenvalue weighted by atomic mass is 19.1. The molecule has 0 aromatic heterocycles. The molecule has 2 aliphatic heterocycles. The minimum absolute atomic E-state index is 0.00305. The number of hydrogen-bond donors (Lipinski definition) is 0. The largest absolute Gasteiger partial charge is 0.366 e. The lowest BCUT2D eigenvalue weighted by atomic mass is 10.1. The van der Waals surface area contributed by atoms with Crippen LogP contribution in [0.5, 0.6) is 0 Å². The summed E-state index contributed by atoms with van der Waals surface area (Å²) < 4.78 is 14.0. The Kier molecular flexibility index (Phi) is 5.28. The van der Waals surface area contributed by atoms with Gasteiger partial charge in [-0.1, -0.05) is 30.3 Å². The average Bonchev–Trinajstić information content (AvgIpc) is 2.87. The van der Waals surface area contributed by atoms with E-state index >= 15 is 0 Å². The molecule has 0 N–H and O–H groups in total. The molecule has 0 spiro atoms. The molecule has 0 unspecified atom stereocenters. The van der Waals surface area contributed by atoms with Gasteiger partial charge in [-0.05, 0) is 36.6 Å². The van der Waals surface area contributed by atoms with Crippen LogP contribution in [0.25, 0.3) is 0 Å². The van der Waals surface area contributed by atoms with Crippen molar-refractivity contribution in [2.24, 2.45) is 0 Å². The lowest BCUT2D eigenvalue weighted by Gasteiger charge is -2.37. The molecule has 2 heterocycles. The zero-order valence-corrected chi connectivity index (χ0v) is 15.8. The topological polar surface area (TPSA) is 43.9 Å². The molecule has 0 bridgehead atoms. The number of anilines is 2. The Morgan fingerprint density at radius 3 is 2.32 bits per heavy atom. The number of rotatable bonds is 3. The molecule has 0 radical (unpaired) electrons. The Morgan fingerprint density at radius 1 is 0.893 bits per heavy atom. The number of hydrogen-bond acceptors (Lipinski definition) is 3. The van der Waals surface area contributed by atoms with E-state index in [1.165, 1.54) is 6.07 Å². The minimum atomic E-state index is -0.242. The number of carbonyl (C=O) groups excluding carboxylic acids is 2. The summed E-state index contributed by atoms with van der Waals surface area (Å²) in [6.45, 7) is 2.28. The SMILES string of the molecule is O=C(CN1C(=O)CCCc2ccccc21)N1CCN(c2ccccc2F)CC1. The van der Waals surface area contributed by atoms with Gasteiger partial charge in [-0.15, -0.1) is 0 Å². The van der Waals surface area contributed by atoms with Crippen molar-refractivity contribution in [1.29, 1.82) is 0 Å². The third-order valence-electron chi connectivity index (χ3n) is 5.54. The third kappa shape index (κ3) is 3.72. The van der Waals surface area contributed by atoms with E-state index in [1.54, 1.807) is 21.9 Å². The molecule has 2 aliphatic rings. The standard InChI is InChI=1S/C22H24FN3O2/c23-18-8-2-4-10-20(18)24-12-14-25(15-13-24)22(28)16-26-19-9-3-1-6-17(19)7-5-11-21(26)27/h1-4,6,8-10H,5,7,11-16H2. The number of halogens is 1. The third-order valence-corrected chi connectivity index (χ3v) is 5.54. The molecule has 2 aromatic rings. The summed E-state index contributed by atoms with van der Waals surface area (Å²) in [5.41, 5.74) is 2.54. The molecule has 1 fully saturated rings. The molecule has 146 valence electrons. The van der Waals surface area contributed by atoms with E-state index in [4.69, 9.17) is 0 Å². The van der Waals surface area contributed by atoms with Crippen molar-refractivity contribution in [1.82, 2.24) is 4.90 Å². The first-order valence-corrected chi connectivity index (χ1v) is 9.79. The molecule has 2 amide bonds. The first kappa shape index (κ1) is 18.5. The fraction of sp³-hybridized carbons (Fsp3) is 0.364. The highest BCUT2D eigenvalue weighted by Crippen LogP contribution is 2.27. The first-order chi connectivity index (χ1) is 13.6. The second-order valence-electron chi connectivity index (χ2n) is 7.28. The van der Waals surface area contributed by atoms with Crippen molar-refractivity contribution in [2.75, 3.05) is 42.5 Å². The molecule has 6 heteroatoms. The van der Waals surface area contributed by atoms with Gasteiger partial charge in [-0.2, -0.15) is 0 Å². The van der Waals surface area contributed by atoms with Crippen LogP contribution >= 0.6 is 0 Å². The number of nitrogens with zero attached hydrogens (tertiary/aromatic N) is 3. The Hall–Kier alpha value is -2.89. The Morgan fingerprint density at radius 2 is 1.57 bits per heavy atom. The van der Waals surface area contributed by atoms with Crippen LogP contribution in [0.1, 0.15) is 18.4 Å². The van der Waals surface area contributed by atoms with Gasteiger partial charge in [0.25, 0.3) is 0 Å². The maximum atomic E-state index is 14.0. The maximum absolute atomic E-state index is 14.0. The van der Waals surface area contributed by atoms with Crippen molar-refractivity contribution in [3.8, 4) is 0 Å². The number of amides is 2. The van der Waals surface area contributed by atoms with E-state index in [0.29, 0.717) is 38.3 Å². The highest BCUT2D eigenvalue weighted by Gasteiger charge is 2.28. The van der Waals surface area contributed by atoms with Gasteiger partial charge in [-0.25, -0.2) is 4.39 Å². The van der Waals surface area contributed by atoms with Gasteiger partial charge in [-0.3, -0.25) is 9.59 Å². The van der Waals surface area contributed by atoms with Crippen molar-refractivity contribution >= 4 is 23.2 Å². The van der Waals surface area contributed by atoms with Gasteiger partial charge in [0.15, 0.2) is 0 Å². The summed E-state index contributed by atoms with van der Waals surface area (Å²) in [4.78, 5) is 30.8. The predicted molar refractivity (Wildman–Crippen MR) is 107 cm³/mol. The van der Waals surface area contributed by atoms with Crippen LogP contribution in [0.3, 0.4) is 0 Å². The second-order valence-corrected chi connectivity index (χ2v) is 7.28. The molecule has 4 rings (SSSR count). The van der Waals surface area contributed by atoms with E-state index < -0.39 is 0 Å². The molecular formula is C22H24FN3O2. The monoisotopic (exact) mass is 381 g/mol. The van der Waals surface area contributed by atoms with Gasteiger partial charge >= 0.3 is 0 Å². The first-order valence-electron chi connectivity index (χ1n) is 9.79. The van der Waals surface area contributed by atoms with E-state index in [-0.39, 0.29) is 24.2 Å². The number of piperazine rings is 1. The molecule has 1 saturated heterocycles. The van der Waals surface area contributed by atoms with Gasteiger partial charge in [0, 0.05) is 38.3 Å². The van der Waals surface area contributed by atoms with Crippen molar-refractivity contribution in [3.05, 3.63) is 59.9 Å². The maximum Gasteiger partial charge on any atom is 0.242 e. The molecule has 0 aliphatic carbocycles. The summed E-state index contributed by atoms with van der Waals surface area (Å²) in [5.74, 6) is -0.296. The van der Waals surface area contributed by atoms with Crippen LogP contribution in [0.4, 0.5) is 15.8 Å². The fourth-order valence-corrected chi connectivity index (χ4v) is 4.00. The number of carbonyl (C=O) groups is 2. The summed E-state index contributed by atoms with van der Waals surface area (Å²) in [6, 6.07) is 14.5. The molecule has 0 atom stereocenters. The Balaban J connectivity index is 1.42. The van der Waals surface area contributed by atoms with Crippen LogP contribution < -0.4 is 9.80 Å². The zero-order valence-electron chi connectivity index (χ0n) is 15.8. The van der Waals surface area contributed by atoms with Crippen molar-refractivity contribution < 1.29 is 14.0 Å². The minimum Gasteiger partial charge on any atom is -0.366 e. The molecule has 0 saturated carbocycles. The highest BCUT2D eigenvalue weighted by molar-refractivity contribution is 5.99. The van der Waals surface area contributed by atoms with E-state index in [2.05, 4.69) is 0 Å². The quantitative estimate of drug-likeness (QED) is 0.821. The van der Waals surface area contributed by atoms with E-state index in [0.717, 1.165) is 24.1 Å². The molecule has 5 nitrogen and oxygen atoms in total. The summed E-state index contributed by atoms with van der Waals surface area (Å²) in [7, 11) is 0. The van der Waals surface area contributed by atoms with Crippen LogP contribution in [0, 0.1) is 5.82 Å². The van der Waals surface area contributed by atoms with E-state index in [9.17, 15) is 14.0 Å². The van der Waals surface area contributed by atoms with Crippen LogP contribution in [-0.2, 0) is 16.0 Å². The number of benzene rings is 2. The Bertz CT molecular complexity index is 878. The van der Waals surface area contributed by atoms with Crippen molar-refractivity contribution in [2.45, 2.75) is 19.3 Å².